The Hall–Kier alpha value is -0.180. The molecule has 0 spiro atoms. The highest BCUT2D eigenvalue weighted by Crippen LogP contribution is 2.55. The highest BCUT2D eigenvalue weighted by atomic mass is 31.2. The summed E-state index contributed by atoms with van der Waals surface area (Å²) in [5, 5.41) is 0. The summed E-state index contributed by atoms with van der Waals surface area (Å²) >= 11 is 0. The second kappa shape index (κ2) is 4.36. The molecule has 1 aliphatic carbocycles. The number of carbonyl (C=O) groups is 1. The molecular weight excluding hydrogens is 191 g/mol. The maximum atomic E-state index is 11.9. The Morgan fingerprint density at radius 3 is 2.46 bits per heavy atom. The quantitative estimate of drug-likeness (QED) is 0.662. The number of rotatable bonds is 3. The molecule has 0 bridgehead atoms. The van der Waals surface area contributed by atoms with Crippen molar-refractivity contribution in [3.63, 3.8) is 0 Å². The summed E-state index contributed by atoms with van der Waals surface area (Å²) in [6.07, 6.45) is 2.48. The molecule has 1 fully saturated rings. The normalized spacial score (nSPS) is 24.8. The van der Waals surface area contributed by atoms with Crippen molar-refractivity contribution in [1.82, 2.24) is 0 Å². The molecule has 0 aromatic heterocycles. The van der Waals surface area contributed by atoms with E-state index >= 15 is 0 Å². The summed E-state index contributed by atoms with van der Waals surface area (Å²) in [5.41, 5.74) is -0.233. The van der Waals surface area contributed by atoms with Gasteiger partial charge < -0.3 is 9.05 Å². The van der Waals surface area contributed by atoms with Crippen LogP contribution in [0, 0.1) is 0 Å². The van der Waals surface area contributed by atoms with Crippen LogP contribution in [0.1, 0.15) is 25.7 Å². The van der Waals surface area contributed by atoms with E-state index in [1.54, 1.807) is 0 Å². The van der Waals surface area contributed by atoms with Gasteiger partial charge in [-0.25, -0.2) is 0 Å². The van der Waals surface area contributed by atoms with Crippen molar-refractivity contribution in [3.8, 4) is 0 Å². The van der Waals surface area contributed by atoms with E-state index in [0.29, 0.717) is 12.8 Å². The fraction of sp³-hybridized carbons (Fsp3) is 0.875. The molecule has 13 heavy (non-hydrogen) atoms. The summed E-state index contributed by atoms with van der Waals surface area (Å²) in [7, 11) is -0.286. The standard InChI is InChI=1S/C8H15O4P/c1-11-13(10,12-2)8-5-3-4-7(9)6-8/h8H,3-6H2,1-2H3/t8-/m0/s1. The molecule has 0 aromatic carbocycles. The highest BCUT2D eigenvalue weighted by molar-refractivity contribution is 7.54. The fourth-order valence-electron chi connectivity index (χ4n) is 1.64. The highest BCUT2D eigenvalue weighted by Gasteiger charge is 2.37. The Kier molecular flexibility index (Phi) is 3.65. The minimum Gasteiger partial charge on any atom is -0.312 e. The predicted octanol–water partition coefficient (Wildman–Crippen LogP) is 1.98. The molecule has 0 N–H and O–H groups in total. The zero-order chi connectivity index (χ0) is 9.90. The second-order valence-electron chi connectivity index (χ2n) is 3.19. The summed E-state index contributed by atoms with van der Waals surface area (Å²) in [6.45, 7) is 0. The molecule has 0 unspecified atom stereocenters. The molecule has 0 aliphatic heterocycles. The molecule has 5 heteroatoms. The van der Waals surface area contributed by atoms with Gasteiger partial charge in [-0.05, 0) is 12.8 Å². The molecular formula is C8H15O4P. The first-order valence-electron chi connectivity index (χ1n) is 4.35. The maximum Gasteiger partial charge on any atom is 0.333 e. The van der Waals surface area contributed by atoms with Gasteiger partial charge in [-0.1, -0.05) is 0 Å². The summed E-state index contributed by atoms with van der Waals surface area (Å²) in [4.78, 5) is 11.1. The molecule has 1 atom stereocenters. The molecule has 0 saturated heterocycles. The van der Waals surface area contributed by atoms with Crippen molar-refractivity contribution in [1.29, 1.82) is 0 Å². The summed E-state index contributed by atoms with van der Waals surface area (Å²) < 4.78 is 21.6. The van der Waals surface area contributed by atoms with Crippen LogP contribution in [-0.4, -0.2) is 25.7 Å². The van der Waals surface area contributed by atoms with Gasteiger partial charge in [-0.3, -0.25) is 9.36 Å². The van der Waals surface area contributed by atoms with Crippen molar-refractivity contribution in [2.75, 3.05) is 14.2 Å². The van der Waals surface area contributed by atoms with Crippen LogP contribution < -0.4 is 0 Å². The molecule has 76 valence electrons. The third kappa shape index (κ3) is 2.39. The van der Waals surface area contributed by atoms with Crippen LogP contribution >= 0.6 is 7.60 Å². The van der Waals surface area contributed by atoms with Gasteiger partial charge in [0.05, 0.1) is 5.66 Å². The first-order valence-corrected chi connectivity index (χ1v) is 5.96. The van der Waals surface area contributed by atoms with Crippen molar-refractivity contribution < 1.29 is 18.4 Å². The van der Waals surface area contributed by atoms with E-state index in [2.05, 4.69) is 0 Å². The number of ketones is 1. The van der Waals surface area contributed by atoms with Crippen LogP contribution in [0.4, 0.5) is 0 Å². The zero-order valence-electron chi connectivity index (χ0n) is 7.99. The maximum absolute atomic E-state index is 11.9. The van der Waals surface area contributed by atoms with E-state index < -0.39 is 7.60 Å². The lowest BCUT2D eigenvalue weighted by molar-refractivity contribution is -0.120. The lowest BCUT2D eigenvalue weighted by atomic mass is 9.99. The van der Waals surface area contributed by atoms with Gasteiger partial charge in [0.25, 0.3) is 0 Å². The number of hydrogen-bond donors (Lipinski definition) is 0. The molecule has 1 saturated carbocycles. The van der Waals surface area contributed by atoms with Gasteiger partial charge in [-0.15, -0.1) is 0 Å². The van der Waals surface area contributed by atoms with E-state index in [9.17, 15) is 9.36 Å². The monoisotopic (exact) mass is 206 g/mol. The largest absolute Gasteiger partial charge is 0.333 e. The molecule has 1 rings (SSSR count). The molecule has 1 aliphatic rings. The average molecular weight is 206 g/mol. The predicted molar refractivity (Wildman–Crippen MR) is 48.9 cm³/mol. The Balaban J connectivity index is 2.69. The van der Waals surface area contributed by atoms with E-state index in [-0.39, 0.29) is 11.4 Å². The van der Waals surface area contributed by atoms with E-state index in [0.717, 1.165) is 12.8 Å². The van der Waals surface area contributed by atoms with Crippen LogP contribution in [0.15, 0.2) is 0 Å². The Morgan fingerprint density at radius 2 is 2.00 bits per heavy atom. The molecule has 0 amide bonds. The third-order valence-electron chi connectivity index (χ3n) is 2.41. The minimum atomic E-state index is -3.01. The molecule has 0 heterocycles. The molecule has 4 nitrogen and oxygen atoms in total. The van der Waals surface area contributed by atoms with Crippen molar-refractivity contribution >= 4 is 13.4 Å². The first-order chi connectivity index (χ1) is 6.12. The summed E-state index contributed by atoms with van der Waals surface area (Å²) in [6, 6.07) is 0. The Morgan fingerprint density at radius 1 is 1.38 bits per heavy atom. The van der Waals surface area contributed by atoms with Crippen LogP contribution in [0.3, 0.4) is 0 Å². The van der Waals surface area contributed by atoms with E-state index in [4.69, 9.17) is 9.05 Å². The Labute approximate surface area is 78.1 Å². The smallest absolute Gasteiger partial charge is 0.312 e. The van der Waals surface area contributed by atoms with Gasteiger partial charge in [0.2, 0.25) is 0 Å². The van der Waals surface area contributed by atoms with E-state index in [1.165, 1.54) is 14.2 Å². The van der Waals surface area contributed by atoms with E-state index in [1.807, 2.05) is 0 Å². The van der Waals surface area contributed by atoms with Crippen LogP contribution in [0.25, 0.3) is 0 Å². The van der Waals surface area contributed by atoms with Gasteiger partial charge >= 0.3 is 7.60 Å². The van der Waals surface area contributed by atoms with Crippen LogP contribution in [-0.2, 0) is 18.4 Å². The number of Topliss-reactive ketones (excluding diaryl/α,β-unsaturated/α-hetero) is 1. The van der Waals surface area contributed by atoms with Crippen molar-refractivity contribution in [2.24, 2.45) is 0 Å². The average Bonchev–Trinajstić information content (AvgIpc) is 2.17. The minimum absolute atomic E-state index is 0.158. The van der Waals surface area contributed by atoms with Gasteiger partial charge in [0.15, 0.2) is 0 Å². The zero-order valence-corrected chi connectivity index (χ0v) is 8.88. The van der Waals surface area contributed by atoms with Crippen LogP contribution in [0.5, 0.6) is 0 Å². The lowest BCUT2D eigenvalue weighted by Gasteiger charge is -2.26. The van der Waals surface area contributed by atoms with Crippen LogP contribution in [0.2, 0.25) is 0 Å². The SMILES string of the molecule is COP(=O)(OC)[C@H]1CCCC(=O)C1. The topological polar surface area (TPSA) is 52.6 Å². The number of hydrogen-bond acceptors (Lipinski definition) is 4. The molecule has 0 aromatic rings. The lowest BCUT2D eigenvalue weighted by Crippen LogP contribution is -2.21. The van der Waals surface area contributed by atoms with Gasteiger partial charge in [0, 0.05) is 27.1 Å². The Bertz CT molecular complexity index is 230. The van der Waals surface area contributed by atoms with Gasteiger partial charge in [-0.2, -0.15) is 0 Å². The number of carbonyl (C=O) groups excluding carboxylic acids is 1. The summed E-state index contributed by atoms with van der Waals surface area (Å²) in [5.74, 6) is 0.158. The van der Waals surface area contributed by atoms with Gasteiger partial charge in [0.1, 0.15) is 5.78 Å². The first kappa shape index (κ1) is 10.9. The second-order valence-corrected chi connectivity index (χ2v) is 5.73. The van der Waals surface area contributed by atoms with Crippen molar-refractivity contribution in [2.45, 2.75) is 31.3 Å². The molecule has 0 radical (unpaired) electrons. The fourth-order valence-corrected chi connectivity index (χ4v) is 3.32. The van der Waals surface area contributed by atoms with Crippen molar-refractivity contribution in [3.05, 3.63) is 0 Å². The third-order valence-corrected chi connectivity index (χ3v) is 4.77.